The molecular formula is C17H26BN3O2. The summed E-state index contributed by atoms with van der Waals surface area (Å²) in [7, 11) is -0.458. The number of piperidine rings is 2. The van der Waals surface area contributed by atoms with Crippen molar-refractivity contribution in [2.24, 2.45) is 5.92 Å². The van der Waals surface area contributed by atoms with Crippen LogP contribution >= 0.6 is 0 Å². The smallest absolute Gasteiger partial charge is 0.376 e. The normalized spacial score (nSPS) is 23.7. The molecule has 2 aliphatic heterocycles. The summed E-state index contributed by atoms with van der Waals surface area (Å²) >= 11 is 0. The van der Waals surface area contributed by atoms with Gasteiger partial charge in [0.2, 0.25) is 5.91 Å². The zero-order chi connectivity index (χ0) is 16.2. The molecule has 124 valence electrons. The van der Waals surface area contributed by atoms with Crippen molar-refractivity contribution in [2.75, 3.05) is 26.2 Å². The molecule has 6 heteroatoms. The van der Waals surface area contributed by atoms with Crippen molar-refractivity contribution < 1.29 is 9.82 Å². The van der Waals surface area contributed by atoms with Gasteiger partial charge in [-0.1, -0.05) is 6.07 Å². The van der Waals surface area contributed by atoms with Gasteiger partial charge in [-0.05, 0) is 51.2 Å². The van der Waals surface area contributed by atoms with Crippen LogP contribution in [0.5, 0.6) is 0 Å². The predicted octanol–water partition coefficient (Wildman–Crippen LogP) is 1.61. The molecule has 2 saturated heterocycles. The summed E-state index contributed by atoms with van der Waals surface area (Å²) in [4.78, 5) is 21.3. The van der Waals surface area contributed by atoms with E-state index in [0.717, 1.165) is 51.0 Å². The third-order valence-corrected chi connectivity index (χ3v) is 5.24. The van der Waals surface area contributed by atoms with Crippen LogP contribution < -0.4 is 0 Å². The lowest BCUT2D eigenvalue weighted by molar-refractivity contribution is -0.137. The number of amides is 1. The number of aromatic nitrogens is 1. The van der Waals surface area contributed by atoms with Crippen LogP contribution in [0.4, 0.5) is 0 Å². The van der Waals surface area contributed by atoms with E-state index in [1.54, 1.807) is 6.82 Å². The molecule has 2 aliphatic rings. The fourth-order valence-electron chi connectivity index (χ4n) is 3.82. The highest BCUT2D eigenvalue weighted by atomic mass is 16.2. The lowest BCUT2D eigenvalue weighted by Crippen LogP contribution is -2.50. The van der Waals surface area contributed by atoms with Crippen LogP contribution in [0.3, 0.4) is 0 Å². The van der Waals surface area contributed by atoms with Crippen molar-refractivity contribution in [1.82, 2.24) is 14.7 Å². The molecular weight excluding hydrogens is 289 g/mol. The monoisotopic (exact) mass is 315 g/mol. The van der Waals surface area contributed by atoms with Crippen molar-refractivity contribution >= 4 is 13.0 Å². The van der Waals surface area contributed by atoms with E-state index < -0.39 is 7.05 Å². The average Bonchev–Trinajstić information content (AvgIpc) is 2.62. The molecule has 0 radical (unpaired) electrons. The van der Waals surface area contributed by atoms with Gasteiger partial charge in [0.15, 0.2) is 0 Å². The van der Waals surface area contributed by atoms with Gasteiger partial charge in [0.1, 0.15) is 0 Å². The summed E-state index contributed by atoms with van der Waals surface area (Å²) in [5.74, 6) is 0.792. The number of carbonyl (C=O) groups excluding carboxylic acids is 1. The number of likely N-dealkylation sites (tertiary alicyclic amines) is 1. The Hall–Kier alpha value is -1.40. The van der Waals surface area contributed by atoms with E-state index in [1.165, 1.54) is 0 Å². The van der Waals surface area contributed by atoms with Crippen LogP contribution in [0.15, 0.2) is 24.4 Å². The quantitative estimate of drug-likeness (QED) is 0.861. The second-order valence-electron chi connectivity index (χ2n) is 6.82. The maximum atomic E-state index is 12.8. The third-order valence-electron chi connectivity index (χ3n) is 5.24. The molecule has 0 aromatic carbocycles. The Morgan fingerprint density at radius 3 is 2.70 bits per heavy atom. The minimum atomic E-state index is -0.458. The standard InChI is InChI=1S/C17H26BN3O2/c1-18(23)21-10-4-5-15(13-21)17(22)20-11-7-14(8-12-20)16-6-2-3-9-19-16/h2-3,6,9,14-15,23H,4-5,7-8,10-13H2,1H3. The van der Waals surface area contributed by atoms with Crippen LogP contribution in [-0.4, -0.2) is 58.9 Å². The Morgan fingerprint density at radius 2 is 2.04 bits per heavy atom. The summed E-state index contributed by atoms with van der Waals surface area (Å²) in [5.41, 5.74) is 1.15. The van der Waals surface area contributed by atoms with E-state index in [0.29, 0.717) is 12.5 Å². The lowest BCUT2D eigenvalue weighted by Gasteiger charge is -2.38. The van der Waals surface area contributed by atoms with E-state index in [4.69, 9.17) is 0 Å². The Bertz CT molecular complexity index is 518. The minimum Gasteiger partial charge on any atom is -0.437 e. The van der Waals surface area contributed by atoms with Crippen LogP contribution in [0.2, 0.25) is 6.82 Å². The minimum absolute atomic E-state index is 0.0461. The molecule has 5 nitrogen and oxygen atoms in total. The maximum absolute atomic E-state index is 12.8. The van der Waals surface area contributed by atoms with E-state index >= 15 is 0 Å². The van der Waals surface area contributed by atoms with Gasteiger partial charge in [-0.15, -0.1) is 0 Å². The lowest BCUT2D eigenvalue weighted by atomic mass is 9.80. The highest BCUT2D eigenvalue weighted by Gasteiger charge is 2.33. The van der Waals surface area contributed by atoms with E-state index in [9.17, 15) is 9.82 Å². The third kappa shape index (κ3) is 3.93. The van der Waals surface area contributed by atoms with E-state index in [-0.39, 0.29) is 11.8 Å². The van der Waals surface area contributed by atoms with Crippen LogP contribution in [0, 0.1) is 5.92 Å². The number of pyridine rings is 1. The van der Waals surface area contributed by atoms with Crippen molar-refractivity contribution in [3.63, 3.8) is 0 Å². The van der Waals surface area contributed by atoms with Crippen LogP contribution in [-0.2, 0) is 4.79 Å². The Balaban J connectivity index is 1.54. The first-order valence-electron chi connectivity index (χ1n) is 8.77. The summed E-state index contributed by atoms with van der Waals surface area (Å²) in [6, 6.07) is 6.06. The SMILES string of the molecule is CB(O)N1CCCC(C(=O)N2CCC(c3ccccn3)CC2)C1. The largest absolute Gasteiger partial charge is 0.437 e. The molecule has 1 unspecified atom stereocenters. The number of hydrogen-bond donors (Lipinski definition) is 1. The Labute approximate surface area is 138 Å². The van der Waals surface area contributed by atoms with Gasteiger partial charge in [0.05, 0.1) is 0 Å². The van der Waals surface area contributed by atoms with Gasteiger partial charge >= 0.3 is 7.05 Å². The molecule has 3 rings (SSSR count). The average molecular weight is 315 g/mol. The fraction of sp³-hybridized carbons (Fsp3) is 0.647. The van der Waals surface area contributed by atoms with Gasteiger partial charge in [-0.2, -0.15) is 0 Å². The first-order valence-corrected chi connectivity index (χ1v) is 8.77. The molecule has 23 heavy (non-hydrogen) atoms. The second-order valence-corrected chi connectivity index (χ2v) is 6.82. The topological polar surface area (TPSA) is 56.7 Å². The molecule has 1 N–H and O–H groups in total. The van der Waals surface area contributed by atoms with Crippen LogP contribution in [0.1, 0.15) is 37.3 Å². The first-order chi connectivity index (χ1) is 11.1. The molecule has 1 atom stereocenters. The first kappa shape index (κ1) is 16.5. The molecule has 3 heterocycles. The number of rotatable bonds is 3. The summed E-state index contributed by atoms with van der Waals surface area (Å²) in [5, 5.41) is 9.74. The summed E-state index contributed by atoms with van der Waals surface area (Å²) in [6.45, 7) is 5.02. The highest BCUT2D eigenvalue weighted by molar-refractivity contribution is 6.45. The van der Waals surface area contributed by atoms with Crippen LogP contribution in [0.25, 0.3) is 0 Å². The fourth-order valence-corrected chi connectivity index (χ4v) is 3.82. The van der Waals surface area contributed by atoms with Gasteiger partial charge < -0.3 is 14.7 Å². The van der Waals surface area contributed by atoms with Gasteiger partial charge in [0.25, 0.3) is 0 Å². The Kier molecular flexibility index (Phi) is 5.33. The van der Waals surface area contributed by atoms with Crippen molar-refractivity contribution in [1.29, 1.82) is 0 Å². The molecule has 1 aromatic rings. The summed E-state index contributed by atoms with van der Waals surface area (Å²) < 4.78 is 0. The highest BCUT2D eigenvalue weighted by Crippen LogP contribution is 2.28. The van der Waals surface area contributed by atoms with Crippen molar-refractivity contribution in [3.05, 3.63) is 30.1 Å². The van der Waals surface area contributed by atoms with Gasteiger partial charge in [-0.3, -0.25) is 9.78 Å². The zero-order valence-electron chi connectivity index (χ0n) is 13.9. The number of nitrogens with zero attached hydrogens (tertiary/aromatic N) is 3. The molecule has 0 saturated carbocycles. The maximum Gasteiger partial charge on any atom is 0.376 e. The molecule has 2 fully saturated rings. The number of hydrogen-bond acceptors (Lipinski definition) is 4. The van der Waals surface area contributed by atoms with Gasteiger partial charge in [-0.25, -0.2) is 0 Å². The van der Waals surface area contributed by atoms with Gasteiger partial charge in [0, 0.05) is 43.4 Å². The van der Waals surface area contributed by atoms with Crippen molar-refractivity contribution in [2.45, 2.75) is 38.4 Å². The zero-order valence-corrected chi connectivity index (χ0v) is 13.9. The van der Waals surface area contributed by atoms with Crippen molar-refractivity contribution in [3.8, 4) is 0 Å². The Morgan fingerprint density at radius 1 is 1.26 bits per heavy atom. The molecule has 1 aromatic heterocycles. The summed E-state index contributed by atoms with van der Waals surface area (Å²) in [6.07, 6.45) is 5.78. The molecule has 0 bridgehead atoms. The second kappa shape index (κ2) is 7.45. The molecule has 0 aliphatic carbocycles. The number of carbonyl (C=O) groups is 1. The van der Waals surface area contributed by atoms with E-state index in [1.807, 2.05) is 28.0 Å². The molecule has 0 spiro atoms. The van der Waals surface area contributed by atoms with E-state index in [2.05, 4.69) is 11.1 Å². The molecule has 1 amide bonds. The predicted molar refractivity (Wildman–Crippen MR) is 90.9 cm³/mol.